The summed E-state index contributed by atoms with van der Waals surface area (Å²) in [6, 6.07) is 16.3. The van der Waals surface area contributed by atoms with Gasteiger partial charge in [-0.15, -0.1) is 0 Å². The Labute approximate surface area is 184 Å². The minimum absolute atomic E-state index is 0.0409. The van der Waals surface area contributed by atoms with Gasteiger partial charge in [0.15, 0.2) is 5.11 Å². The lowest BCUT2D eigenvalue weighted by Gasteiger charge is -2.15. The molecule has 0 aromatic heterocycles. The van der Waals surface area contributed by atoms with E-state index in [4.69, 9.17) is 28.6 Å². The van der Waals surface area contributed by atoms with E-state index in [0.717, 1.165) is 11.3 Å². The van der Waals surface area contributed by atoms with E-state index in [2.05, 4.69) is 16.0 Å². The molecule has 0 atom stereocenters. The van der Waals surface area contributed by atoms with Gasteiger partial charge in [0.05, 0.1) is 18.4 Å². The smallest absolute Gasteiger partial charge is 0.258 e. The van der Waals surface area contributed by atoms with Gasteiger partial charge in [-0.3, -0.25) is 4.79 Å². The van der Waals surface area contributed by atoms with Crippen molar-refractivity contribution in [3.8, 4) is 5.75 Å². The molecule has 1 amide bonds. The molecule has 0 saturated heterocycles. The van der Waals surface area contributed by atoms with Crippen molar-refractivity contribution in [3.05, 3.63) is 82.6 Å². The maximum absolute atomic E-state index is 13.8. The highest BCUT2D eigenvalue weighted by molar-refractivity contribution is 7.80. The number of hydrogen-bond donors (Lipinski definition) is 3. The average molecular weight is 444 g/mol. The lowest BCUT2D eigenvalue weighted by atomic mass is 10.2. The van der Waals surface area contributed by atoms with Crippen molar-refractivity contribution in [3.63, 3.8) is 0 Å². The molecule has 0 aliphatic carbocycles. The molecule has 30 heavy (non-hydrogen) atoms. The second-order valence-corrected chi connectivity index (χ2v) is 7.21. The van der Waals surface area contributed by atoms with E-state index in [-0.39, 0.29) is 5.56 Å². The highest BCUT2D eigenvalue weighted by Gasteiger charge is 2.13. The predicted molar refractivity (Wildman–Crippen MR) is 123 cm³/mol. The fourth-order valence-electron chi connectivity index (χ4n) is 2.67. The fraction of sp³-hybridized carbons (Fsp3) is 0.0909. The number of carbonyl (C=O) groups excluding carboxylic acids is 1. The third-order valence-electron chi connectivity index (χ3n) is 4.26. The highest BCUT2D eigenvalue weighted by atomic mass is 35.5. The van der Waals surface area contributed by atoms with Gasteiger partial charge in [-0.2, -0.15) is 0 Å². The summed E-state index contributed by atoms with van der Waals surface area (Å²) in [5, 5.41) is 9.73. The zero-order valence-electron chi connectivity index (χ0n) is 16.3. The monoisotopic (exact) mass is 443 g/mol. The standard InChI is InChI=1S/C22H19ClFN3O2S/c1-13-7-8-14(11-17(13)23)26-22(30)27-19-10-9-15(12-20(19)29-2)25-21(28)16-5-3-4-6-18(16)24/h3-12H,1-2H3,(H,25,28)(H2,26,27,30). The molecule has 0 radical (unpaired) electrons. The van der Waals surface area contributed by atoms with Gasteiger partial charge >= 0.3 is 0 Å². The first-order valence-corrected chi connectivity index (χ1v) is 9.74. The van der Waals surface area contributed by atoms with Crippen LogP contribution in [-0.4, -0.2) is 18.1 Å². The average Bonchev–Trinajstić information content (AvgIpc) is 2.72. The lowest BCUT2D eigenvalue weighted by molar-refractivity contribution is 0.102. The van der Waals surface area contributed by atoms with Crippen molar-refractivity contribution >= 4 is 51.9 Å². The van der Waals surface area contributed by atoms with Crippen LogP contribution in [0.1, 0.15) is 15.9 Å². The molecular weight excluding hydrogens is 425 g/mol. The van der Waals surface area contributed by atoms with Crippen molar-refractivity contribution < 1.29 is 13.9 Å². The number of benzene rings is 3. The molecular formula is C22H19ClFN3O2S. The Bertz CT molecular complexity index is 1110. The Hall–Kier alpha value is -3.16. The zero-order valence-corrected chi connectivity index (χ0v) is 17.8. The van der Waals surface area contributed by atoms with E-state index >= 15 is 0 Å². The Morgan fingerprint density at radius 3 is 2.40 bits per heavy atom. The van der Waals surface area contributed by atoms with Crippen LogP contribution >= 0.6 is 23.8 Å². The Morgan fingerprint density at radius 1 is 1.00 bits per heavy atom. The molecule has 3 aromatic carbocycles. The quantitative estimate of drug-likeness (QED) is 0.431. The van der Waals surface area contributed by atoms with Gasteiger partial charge in [0.1, 0.15) is 11.6 Å². The largest absolute Gasteiger partial charge is 0.494 e. The van der Waals surface area contributed by atoms with Crippen molar-refractivity contribution in [2.24, 2.45) is 0 Å². The van der Waals surface area contributed by atoms with Crippen LogP contribution in [0.2, 0.25) is 5.02 Å². The van der Waals surface area contributed by atoms with Crippen LogP contribution in [0, 0.1) is 12.7 Å². The summed E-state index contributed by atoms with van der Waals surface area (Å²) in [7, 11) is 1.50. The second kappa shape index (κ2) is 9.56. The Balaban J connectivity index is 1.70. The van der Waals surface area contributed by atoms with Crippen LogP contribution in [0.3, 0.4) is 0 Å². The van der Waals surface area contributed by atoms with Crippen molar-refractivity contribution in [1.82, 2.24) is 0 Å². The summed E-state index contributed by atoms with van der Waals surface area (Å²) in [6.07, 6.45) is 0. The van der Waals surface area contributed by atoms with Crippen molar-refractivity contribution in [2.45, 2.75) is 6.92 Å². The van der Waals surface area contributed by atoms with Crippen LogP contribution in [0.15, 0.2) is 60.7 Å². The number of anilines is 3. The summed E-state index contributed by atoms with van der Waals surface area (Å²) < 4.78 is 19.2. The number of nitrogens with one attached hydrogen (secondary N) is 3. The molecule has 3 aromatic rings. The molecule has 0 fully saturated rings. The third-order valence-corrected chi connectivity index (χ3v) is 4.87. The van der Waals surface area contributed by atoms with Crippen LogP contribution in [0.5, 0.6) is 5.75 Å². The van der Waals surface area contributed by atoms with Gasteiger partial charge in [-0.1, -0.05) is 29.8 Å². The molecule has 8 heteroatoms. The number of rotatable bonds is 5. The molecule has 0 saturated carbocycles. The van der Waals surface area contributed by atoms with E-state index in [1.54, 1.807) is 30.3 Å². The first-order chi connectivity index (χ1) is 14.4. The van der Waals surface area contributed by atoms with Gasteiger partial charge in [0.2, 0.25) is 0 Å². The first-order valence-electron chi connectivity index (χ1n) is 8.95. The Morgan fingerprint density at radius 2 is 1.70 bits per heavy atom. The number of aryl methyl sites for hydroxylation is 1. The third kappa shape index (κ3) is 5.25. The molecule has 0 heterocycles. The number of carbonyl (C=O) groups is 1. The molecule has 5 nitrogen and oxygen atoms in total. The van der Waals surface area contributed by atoms with Gasteiger partial charge in [0.25, 0.3) is 5.91 Å². The van der Waals surface area contributed by atoms with Gasteiger partial charge in [-0.25, -0.2) is 4.39 Å². The predicted octanol–water partition coefficient (Wildman–Crippen LogP) is 5.86. The van der Waals surface area contributed by atoms with Crippen LogP contribution in [0.25, 0.3) is 0 Å². The Kier molecular flexibility index (Phi) is 6.87. The maximum Gasteiger partial charge on any atom is 0.258 e. The first kappa shape index (κ1) is 21.5. The highest BCUT2D eigenvalue weighted by Crippen LogP contribution is 2.29. The molecule has 154 valence electrons. The SMILES string of the molecule is COc1cc(NC(=O)c2ccccc2F)ccc1NC(=S)Nc1ccc(C)c(Cl)c1. The minimum atomic E-state index is -0.590. The topological polar surface area (TPSA) is 62.4 Å². The molecule has 0 aliphatic heterocycles. The summed E-state index contributed by atoms with van der Waals surface area (Å²) in [5.74, 6) is -0.690. The van der Waals surface area contributed by atoms with E-state index in [0.29, 0.717) is 27.3 Å². The number of amides is 1. The number of halogens is 2. The number of hydrogen-bond acceptors (Lipinski definition) is 3. The number of thiocarbonyl (C=S) groups is 1. The number of methoxy groups -OCH3 is 1. The molecule has 3 rings (SSSR count). The molecule has 0 spiro atoms. The maximum atomic E-state index is 13.8. The van der Waals surface area contributed by atoms with Crippen LogP contribution in [-0.2, 0) is 0 Å². The molecule has 0 unspecified atom stereocenters. The van der Waals surface area contributed by atoms with Crippen molar-refractivity contribution in [1.29, 1.82) is 0 Å². The summed E-state index contributed by atoms with van der Waals surface area (Å²) >= 11 is 11.5. The fourth-order valence-corrected chi connectivity index (χ4v) is 3.08. The van der Waals surface area contributed by atoms with Crippen molar-refractivity contribution in [2.75, 3.05) is 23.1 Å². The number of ether oxygens (including phenoxy) is 1. The van der Waals surface area contributed by atoms with E-state index in [1.807, 2.05) is 19.1 Å². The second-order valence-electron chi connectivity index (χ2n) is 6.39. The van der Waals surface area contributed by atoms with Crippen LogP contribution in [0.4, 0.5) is 21.5 Å². The zero-order chi connectivity index (χ0) is 21.7. The molecule has 0 aliphatic rings. The summed E-state index contributed by atoms with van der Waals surface area (Å²) in [5.41, 5.74) is 2.72. The summed E-state index contributed by atoms with van der Waals surface area (Å²) in [6.45, 7) is 1.92. The van der Waals surface area contributed by atoms with Gasteiger partial charge in [0, 0.05) is 22.5 Å². The lowest BCUT2D eigenvalue weighted by Crippen LogP contribution is -2.19. The van der Waals surface area contributed by atoms with E-state index in [9.17, 15) is 9.18 Å². The van der Waals surface area contributed by atoms with E-state index in [1.165, 1.54) is 25.3 Å². The minimum Gasteiger partial charge on any atom is -0.494 e. The normalized spacial score (nSPS) is 10.3. The van der Waals surface area contributed by atoms with Crippen LogP contribution < -0.4 is 20.7 Å². The van der Waals surface area contributed by atoms with E-state index < -0.39 is 11.7 Å². The molecule has 0 bridgehead atoms. The van der Waals surface area contributed by atoms with Gasteiger partial charge < -0.3 is 20.7 Å². The summed E-state index contributed by atoms with van der Waals surface area (Å²) in [4.78, 5) is 12.3. The molecule has 3 N–H and O–H groups in total. The van der Waals surface area contributed by atoms with Gasteiger partial charge in [-0.05, 0) is 61.1 Å².